The van der Waals surface area contributed by atoms with Crippen LogP contribution in [0.4, 0.5) is 4.39 Å². The normalized spacial score (nSPS) is 10.6. The van der Waals surface area contributed by atoms with Gasteiger partial charge in [-0.05, 0) is 41.8 Å². The Bertz CT molecular complexity index is 1040. The lowest BCUT2D eigenvalue weighted by Gasteiger charge is -2.14. The Kier molecular flexibility index (Phi) is 5.32. The summed E-state index contributed by atoms with van der Waals surface area (Å²) in [6, 6.07) is 9.71. The van der Waals surface area contributed by atoms with Gasteiger partial charge in [-0.25, -0.2) is 9.18 Å². The first-order valence-electron chi connectivity index (χ1n) is 8.06. The van der Waals surface area contributed by atoms with Crippen LogP contribution in [0.1, 0.15) is 27.0 Å². The van der Waals surface area contributed by atoms with Gasteiger partial charge in [0.15, 0.2) is 5.75 Å². The van der Waals surface area contributed by atoms with Crippen LogP contribution in [0.25, 0.3) is 10.9 Å². The summed E-state index contributed by atoms with van der Waals surface area (Å²) in [6.07, 6.45) is 2.24. The fraction of sp³-hybridized carbons (Fsp3) is 0.150. The van der Waals surface area contributed by atoms with Crippen molar-refractivity contribution < 1.29 is 18.7 Å². The van der Waals surface area contributed by atoms with E-state index in [1.165, 1.54) is 26.4 Å². The monoisotopic (exact) mass is 384 g/mol. The highest BCUT2D eigenvalue weighted by atomic mass is 32.1. The minimum atomic E-state index is -0.566. The van der Waals surface area contributed by atoms with Crippen molar-refractivity contribution in [2.75, 3.05) is 14.2 Å². The van der Waals surface area contributed by atoms with E-state index in [2.05, 4.69) is 4.98 Å². The molecule has 1 aromatic heterocycles. The average molecular weight is 384 g/mol. The van der Waals surface area contributed by atoms with Gasteiger partial charge in [-0.1, -0.05) is 24.4 Å². The van der Waals surface area contributed by atoms with Crippen LogP contribution in [0.15, 0.2) is 42.6 Å². The Morgan fingerprint density at radius 2 is 1.85 bits per heavy atom. The molecule has 0 fully saturated rings. The smallest absolute Gasteiger partial charge is 0.341 e. The molecule has 3 rings (SSSR count). The molecular formula is C20H17FN2O3S. The summed E-state index contributed by atoms with van der Waals surface area (Å²) in [5, 5.41) is 0.673. The molecule has 0 bridgehead atoms. The molecule has 7 heteroatoms. The molecule has 1 heterocycles. The zero-order chi connectivity index (χ0) is 19.6. The third-order valence-corrected chi connectivity index (χ3v) is 4.40. The number of methoxy groups -OCH3 is 2. The number of esters is 1. The number of thiocarbonyl (C=S) groups is 1. The molecule has 138 valence electrons. The summed E-state index contributed by atoms with van der Waals surface area (Å²) in [4.78, 5) is 16.7. The first kappa shape index (κ1) is 18.7. The first-order valence-corrected chi connectivity index (χ1v) is 8.47. The van der Waals surface area contributed by atoms with Crippen LogP contribution in [0.2, 0.25) is 0 Å². The van der Waals surface area contributed by atoms with Crippen LogP contribution in [0, 0.1) is 5.82 Å². The second kappa shape index (κ2) is 7.67. The van der Waals surface area contributed by atoms with Crippen LogP contribution in [-0.4, -0.2) is 30.2 Å². The fourth-order valence-electron chi connectivity index (χ4n) is 2.92. The number of hydrogen-bond donors (Lipinski definition) is 1. The standard InChI is InChI=1S/C20H17FN2O3S/c1-25-18-16(20(24)26-2)9-15(19(22)27)14-8-12(10-23-17(14)18)7-11-3-5-13(21)6-4-11/h3-6,8-10H,7H2,1-2H3,(H2,22,27). The van der Waals surface area contributed by atoms with Gasteiger partial charge in [0, 0.05) is 17.1 Å². The number of carbonyl (C=O) groups is 1. The minimum absolute atomic E-state index is 0.133. The molecule has 2 N–H and O–H groups in total. The predicted octanol–water partition coefficient (Wildman–Crippen LogP) is 3.39. The number of fused-ring (bicyclic) bond motifs is 1. The van der Waals surface area contributed by atoms with Crippen LogP contribution in [0.3, 0.4) is 0 Å². The average Bonchev–Trinajstić information content (AvgIpc) is 2.67. The van der Waals surface area contributed by atoms with Crippen LogP contribution < -0.4 is 10.5 Å². The third-order valence-electron chi connectivity index (χ3n) is 4.18. The van der Waals surface area contributed by atoms with E-state index in [1.807, 2.05) is 6.07 Å². The van der Waals surface area contributed by atoms with Gasteiger partial charge in [0.2, 0.25) is 0 Å². The van der Waals surface area contributed by atoms with Crippen LogP contribution >= 0.6 is 12.2 Å². The molecule has 5 nitrogen and oxygen atoms in total. The predicted molar refractivity (Wildman–Crippen MR) is 105 cm³/mol. The molecule has 0 saturated carbocycles. The molecule has 0 amide bonds. The quantitative estimate of drug-likeness (QED) is 0.537. The zero-order valence-corrected chi connectivity index (χ0v) is 15.6. The second-order valence-electron chi connectivity index (χ2n) is 5.90. The molecule has 0 aliphatic carbocycles. The lowest BCUT2D eigenvalue weighted by Crippen LogP contribution is -2.14. The largest absolute Gasteiger partial charge is 0.494 e. The summed E-state index contributed by atoms with van der Waals surface area (Å²) in [5.74, 6) is -0.556. The molecule has 0 unspecified atom stereocenters. The zero-order valence-electron chi connectivity index (χ0n) is 14.8. The van der Waals surface area contributed by atoms with Crippen molar-refractivity contribution in [1.82, 2.24) is 4.98 Å². The molecule has 0 spiro atoms. The van der Waals surface area contributed by atoms with Gasteiger partial charge in [-0.15, -0.1) is 0 Å². The van der Waals surface area contributed by atoms with Crippen molar-refractivity contribution in [3.8, 4) is 5.75 Å². The van der Waals surface area contributed by atoms with E-state index >= 15 is 0 Å². The number of halogens is 1. The van der Waals surface area contributed by atoms with E-state index in [-0.39, 0.29) is 16.4 Å². The van der Waals surface area contributed by atoms with Crippen molar-refractivity contribution >= 4 is 34.1 Å². The summed E-state index contributed by atoms with van der Waals surface area (Å²) in [5.41, 5.74) is 8.87. The molecule has 2 aromatic carbocycles. The van der Waals surface area contributed by atoms with Crippen LogP contribution in [-0.2, 0) is 11.2 Å². The van der Waals surface area contributed by atoms with Gasteiger partial charge in [0.25, 0.3) is 0 Å². The fourth-order valence-corrected chi connectivity index (χ4v) is 3.09. The minimum Gasteiger partial charge on any atom is -0.494 e. The Morgan fingerprint density at radius 1 is 1.15 bits per heavy atom. The Hall–Kier alpha value is -3.06. The topological polar surface area (TPSA) is 74.4 Å². The van der Waals surface area contributed by atoms with Crippen molar-refractivity contribution in [3.05, 3.63) is 70.7 Å². The molecule has 0 aliphatic heterocycles. The van der Waals surface area contributed by atoms with Gasteiger partial charge in [-0.2, -0.15) is 0 Å². The van der Waals surface area contributed by atoms with Crippen molar-refractivity contribution in [3.63, 3.8) is 0 Å². The Labute approximate surface area is 160 Å². The van der Waals surface area contributed by atoms with Gasteiger partial charge in [0.05, 0.1) is 14.2 Å². The maximum atomic E-state index is 13.1. The van der Waals surface area contributed by atoms with Gasteiger partial charge >= 0.3 is 5.97 Å². The summed E-state index contributed by atoms with van der Waals surface area (Å²) >= 11 is 5.15. The summed E-state index contributed by atoms with van der Waals surface area (Å²) in [7, 11) is 2.74. The lowest BCUT2D eigenvalue weighted by atomic mass is 9.99. The summed E-state index contributed by atoms with van der Waals surface area (Å²) < 4.78 is 23.3. The number of benzene rings is 2. The lowest BCUT2D eigenvalue weighted by molar-refractivity contribution is 0.0597. The highest BCUT2D eigenvalue weighted by Gasteiger charge is 2.21. The number of nitrogens with zero attached hydrogens (tertiary/aromatic N) is 1. The molecule has 27 heavy (non-hydrogen) atoms. The Morgan fingerprint density at radius 3 is 2.44 bits per heavy atom. The van der Waals surface area contributed by atoms with Crippen molar-refractivity contribution in [2.45, 2.75) is 6.42 Å². The van der Waals surface area contributed by atoms with E-state index in [0.717, 1.165) is 11.1 Å². The number of hydrogen-bond acceptors (Lipinski definition) is 5. The SMILES string of the molecule is COC(=O)c1cc(C(N)=S)c2cc(Cc3ccc(F)cc3)cnc2c1OC. The van der Waals surface area contributed by atoms with E-state index in [0.29, 0.717) is 28.6 Å². The van der Waals surface area contributed by atoms with E-state index in [4.69, 9.17) is 27.4 Å². The molecule has 0 aliphatic rings. The number of ether oxygens (including phenoxy) is 2. The summed E-state index contributed by atoms with van der Waals surface area (Å²) in [6.45, 7) is 0. The first-order chi connectivity index (χ1) is 12.9. The van der Waals surface area contributed by atoms with E-state index in [1.54, 1.807) is 24.4 Å². The second-order valence-corrected chi connectivity index (χ2v) is 6.34. The van der Waals surface area contributed by atoms with Crippen molar-refractivity contribution in [1.29, 1.82) is 0 Å². The molecule has 3 aromatic rings. The Balaban J connectivity index is 2.17. The molecule has 0 radical (unpaired) electrons. The molecule has 0 saturated heterocycles. The highest BCUT2D eigenvalue weighted by molar-refractivity contribution is 7.80. The molecular weight excluding hydrogens is 367 g/mol. The maximum absolute atomic E-state index is 13.1. The molecule has 0 atom stereocenters. The number of aromatic nitrogens is 1. The van der Waals surface area contributed by atoms with E-state index in [9.17, 15) is 9.18 Å². The highest BCUT2D eigenvalue weighted by Crippen LogP contribution is 2.32. The number of carbonyl (C=O) groups excluding carboxylic acids is 1. The van der Waals surface area contributed by atoms with Crippen LogP contribution in [0.5, 0.6) is 5.75 Å². The van der Waals surface area contributed by atoms with Crippen molar-refractivity contribution in [2.24, 2.45) is 5.73 Å². The van der Waals surface area contributed by atoms with Gasteiger partial charge in [-0.3, -0.25) is 4.98 Å². The van der Waals surface area contributed by atoms with Gasteiger partial charge in [0.1, 0.15) is 21.9 Å². The number of pyridine rings is 1. The number of rotatable bonds is 5. The third kappa shape index (κ3) is 3.73. The maximum Gasteiger partial charge on any atom is 0.341 e. The van der Waals surface area contributed by atoms with Gasteiger partial charge < -0.3 is 15.2 Å². The van der Waals surface area contributed by atoms with E-state index < -0.39 is 5.97 Å². The number of nitrogens with two attached hydrogens (primary N) is 1.